The molecule has 5 N–H and O–H groups in total. The second-order valence-electron chi connectivity index (χ2n) is 2.75. The van der Waals surface area contributed by atoms with E-state index in [0.29, 0.717) is 11.5 Å². The summed E-state index contributed by atoms with van der Waals surface area (Å²) in [5, 5.41) is 0. The van der Waals surface area contributed by atoms with Gasteiger partial charge in [0.05, 0.1) is 20.4 Å². The Morgan fingerprint density at radius 3 is 2.50 bits per heavy atom. The number of hydrogen-bond donors (Lipinski definition) is 3. The molecule has 14 heavy (non-hydrogen) atoms. The van der Waals surface area contributed by atoms with Gasteiger partial charge in [0.1, 0.15) is 11.5 Å². The van der Waals surface area contributed by atoms with Crippen LogP contribution in [-0.2, 0) is 0 Å². The van der Waals surface area contributed by atoms with Crippen molar-refractivity contribution in [3.63, 3.8) is 0 Å². The molecule has 0 bridgehead atoms. The van der Waals surface area contributed by atoms with Crippen LogP contribution in [0.1, 0.15) is 11.7 Å². The van der Waals surface area contributed by atoms with E-state index in [1.807, 2.05) is 0 Å². The Kier molecular flexibility index (Phi) is 3.70. The average molecular weight is 197 g/mol. The molecule has 0 spiro atoms. The molecule has 0 aliphatic heterocycles. The highest BCUT2D eigenvalue weighted by Crippen LogP contribution is 2.26. The van der Waals surface area contributed by atoms with Gasteiger partial charge in [-0.1, -0.05) is 0 Å². The minimum absolute atomic E-state index is 0.472. The number of nitrogens with two attached hydrogens (primary N) is 2. The number of benzene rings is 1. The average Bonchev–Trinajstić information content (AvgIpc) is 2.27. The first-order chi connectivity index (χ1) is 6.72. The minimum atomic E-state index is -0.472. The summed E-state index contributed by atoms with van der Waals surface area (Å²) < 4.78 is 10.2. The van der Waals surface area contributed by atoms with E-state index in [1.54, 1.807) is 32.4 Å². The van der Waals surface area contributed by atoms with Gasteiger partial charge in [-0.25, -0.2) is 5.43 Å². The number of rotatable bonds is 4. The molecule has 78 valence electrons. The Bertz CT molecular complexity index is 304. The second-order valence-corrected chi connectivity index (χ2v) is 2.75. The van der Waals surface area contributed by atoms with Gasteiger partial charge in [-0.3, -0.25) is 5.84 Å². The lowest BCUT2D eigenvalue weighted by Crippen LogP contribution is -2.34. The molecule has 0 aromatic heterocycles. The largest absolute Gasteiger partial charge is 0.497 e. The monoisotopic (exact) mass is 197 g/mol. The molecular weight excluding hydrogens is 182 g/mol. The molecule has 1 rings (SSSR count). The van der Waals surface area contributed by atoms with Crippen molar-refractivity contribution in [1.29, 1.82) is 0 Å². The molecule has 0 radical (unpaired) electrons. The van der Waals surface area contributed by atoms with E-state index in [9.17, 15) is 0 Å². The molecule has 0 saturated heterocycles. The molecule has 5 nitrogen and oxygen atoms in total. The van der Waals surface area contributed by atoms with Crippen LogP contribution in [-0.4, -0.2) is 14.2 Å². The summed E-state index contributed by atoms with van der Waals surface area (Å²) in [6, 6.07) is 5.36. The highest BCUT2D eigenvalue weighted by molar-refractivity contribution is 5.41. The van der Waals surface area contributed by atoms with Gasteiger partial charge >= 0.3 is 0 Å². The van der Waals surface area contributed by atoms with Crippen molar-refractivity contribution in [3.05, 3.63) is 23.8 Å². The normalized spacial score (nSPS) is 12.3. The molecular formula is C9H15N3O2. The van der Waals surface area contributed by atoms with Gasteiger partial charge in [0.15, 0.2) is 0 Å². The third-order valence-electron chi connectivity index (χ3n) is 1.95. The SMILES string of the molecule is COc1ccc(OC)c(C(N)NN)c1. The van der Waals surface area contributed by atoms with Crippen LogP contribution in [0.15, 0.2) is 18.2 Å². The number of hydrazine groups is 1. The van der Waals surface area contributed by atoms with Crippen molar-refractivity contribution in [3.8, 4) is 11.5 Å². The summed E-state index contributed by atoms with van der Waals surface area (Å²) in [4.78, 5) is 0. The fourth-order valence-corrected chi connectivity index (χ4v) is 1.17. The molecule has 1 atom stereocenters. The van der Waals surface area contributed by atoms with Gasteiger partial charge in [-0.15, -0.1) is 0 Å². The lowest BCUT2D eigenvalue weighted by molar-refractivity contribution is 0.391. The minimum Gasteiger partial charge on any atom is -0.497 e. The van der Waals surface area contributed by atoms with Crippen molar-refractivity contribution in [1.82, 2.24) is 5.43 Å². The quantitative estimate of drug-likeness (QED) is 0.363. The topological polar surface area (TPSA) is 82.5 Å². The van der Waals surface area contributed by atoms with Crippen LogP contribution in [0.2, 0.25) is 0 Å². The third kappa shape index (κ3) is 2.14. The summed E-state index contributed by atoms with van der Waals surface area (Å²) in [6.07, 6.45) is -0.472. The molecule has 0 aliphatic carbocycles. The second kappa shape index (κ2) is 4.80. The van der Waals surface area contributed by atoms with Crippen LogP contribution in [0, 0.1) is 0 Å². The Morgan fingerprint density at radius 2 is 2.00 bits per heavy atom. The summed E-state index contributed by atoms with van der Waals surface area (Å²) in [6.45, 7) is 0. The van der Waals surface area contributed by atoms with E-state index in [4.69, 9.17) is 21.1 Å². The molecule has 1 unspecified atom stereocenters. The van der Waals surface area contributed by atoms with Crippen LogP contribution in [0.4, 0.5) is 0 Å². The summed E-state index contributed by atoms with van der Waals surface area (Å²) in [5.41, 5.74) is 8.93. The van der Waals surface area contributed by atoms with Crippen molar-refractivity contribution in [2.24, 2.45) is 11.6 Å². The standard InChI is InChI=1S/C9H15N3O2/c1-13-6-3-4-8(14-2)7(5-6)9(10)12-11/h3-5,9,12H,10-11H2,1-2H3. The molecule has 0 heterocycles. The van der Waals surface area contributed by atoms with Gasteiger partial charge in [0, 0.05) is 5.56 Å². The molecule has 5 heteroatoms. The molecule has 1 aromatic carbocycles. The first kappa shape index (κ1) is 10.8. The number of ether oxygens (including phenoxy) is 2. The first-order valence-corrected chi connectivity index (χ1v) is 4.16. The van der Waals surface area contributed by atoms with E-state index in [0.717, 1.165) is 5.56 Å². The van der Waals surface area contributed by atoms with E-state index in [2.05, 4.69) is 5.43 Å². The predicted octanol–water partition coefficient (Wildman–Crippen LogP) is 0.124. The summed E-state index contributed by atoms with van der Waals surface area (Å²) in [5.74, 6) is 6.64. The fraction of sp³-hybridized carbons (Fsp3) is 0.333. The molecule has 0 aliphatic rings. The van der Waals surface area contributed by atoms with Crippen LogP contribution in [0.3, 0.4) is 0 Å². The Morgan fingerprint density at radius 1 is 1.29 bits per heavy atom. The maximum Gasteiger partial charge on any atom is 0.125 e. The zero-order chi connectivity index (χ0) is 10.6. The number of hydrogen-bond acceptors (Lipinski definition) is 5. The smallest absolute Gasteiger partial charge is 0.125 e. The van der Waals surface area contributed by atoms with E-state index < -0.39 is 6.17 Å². The number of methoxy groups -OCH3 is 2. The van der Waals surface area contributed by atoms with Gasteiger partial charge in [-0.05, 0) is 18.2 Å². The predicted molar refractivity (Wildman–Crippen MR) is 53.8 cm³/mol. The Balaban J connectivity index is 3.08. The third-order valence-corrected chi connectivity index (χ3v) is 1.95. The van der Waals surface area contributed by atoms with E-state index in [1.165, 1.54) is 0 Å². The zero-order valence-electron chi connectivity index (χ0n) is 8.28. The van der Waals surface area contributed by atoms with Crippen molar-refractivity contribution in [2.75, 3.05) is 14.2 Å². The van der Waals surface area contributed by atoms with Crippen molar-refractivity contribution >= 4 is 0 Å². The van der Waals surface area contributed by atoms with Crippen LogP contribution in [0.5, 0.6) is 11.5 Å². The summed E-state index contributed by atoms with van der Waals surface area (Å²) in [7, 11) is 3.17. The van der Waals surface area contributed by atoms with Gasteiger partial charge < -0.3 is 15.2 Å². The Labute approximate surface area is 83.0 Å². The highest BCUT2D eigenvalue weighted by Gasteiger charge is 2.11. The van der Waals surface area contributed by atoms with E-state index >= 15 is 0 Å². The first-order valence-electron chi connectivity index (χ1n) is 4.16. The van der Waals surface area contributed by atoms with Crippen LogP contribution < -0.4 is 26.5 Å². The van der Waals surface area contributed by atoms with Gasteiger partial charge in [0.25, 0.3) is 0 Å². The van der Waals surface area contributed by atoms with Gasteiger partial charge in [0.2, 0.25) is 0 Å². The maximum absolute atomic E-state index is 5.72. The van der Waals surface area contributed by atoms with Crippen molar-refractivity contribution < 1.29 is 9.47 Å². The Hall–Kier alpha value is -1.30. The lowest BCUT2D eigenvalue weighted by Gasteiger charge is -2.15. The molecule has 0 saturated carbocycles. The molecule has 1 aromatic rings. The van der Waals surface area contributed by atoms with Crippen molar-refractivity contribution in [2.45, 2.75) is 6.17 Å². The van der Waals surface area contributed by atoms with Gasteiger partial charge in [-0.2, -0.15) is 0 Å². The molecule has 0 fully saturated rings. The number of nitrogens with one attached hydrogen (secondary N) is 1. The maximum atomic E-state index is 5.72. The van der Waals surface area contributed by atoms with Crippen LogP contribution in [0.25, 0.3) is 0 Å². The summed E-state index contributed by atoms with van der Waals surface area (Å²) >= 11 is 0. The highest BCUT2D eigenvalue weighted by atomic mass is 16.5. The fourth-order valence-electron chi connectivity index (χ4n) is 1.17. The lowest BCUT2D eigenvalue weighted by atomic mass is 10.1. The van der Waals surface area contributed by atoms with Crippen LogP contribution >= 0.6 is 0 Å². The zero-order valence-corrected chi connectivity index (χ0v) is 8.28. The van der Waals surface area contributed by atoms with E-state index in [-0.39, 0.29) is 0 Å². The molecule has 0 amide bonds.